The van der Waals surface area contributed by atoms with Gasteiger partial charge in [0.15, 0.2) is 17.5 Å². The highest BCUT2D eigenvalue weighted by atomic mass is 15.0. The predicted molar refractivity (Wildman–Crippen MR) is 248 cm³/mol. The van der Waals surface area contributed by atoms with E-state index in [0.717, 1.165) is 55.9 Å². The fraction of sp³-hybridized carbons (Fsp3) is 0.0175. The molecule has 2 heterocycles. The summed E-state index contributed by atoms with van der Waals surface area (Å²) in [7, 11) is 0. The Morgan fingerprint density at radius 2 is 0.689 bits per heavy atom. The van der Waals surface area contributed by atoms with Gasteiger partial charge in [-0.1, -0.05) is 206 Å². The van der Waals surface area contributed by atoms with Crippen LogP contribution in [0.5, 0.6) is 0 Å². The molecule has 0 bridgehead atoms. The first kappa shape index (κ1) is 36.0. The molecule has 0 saturated heterocycles. The van der Waals surface area contributed by atoms with Crippen molar-refractivity contribution in [2.45, 2.75) is 5.41 Å². The van der Waals surface area contributed by atoms with Gasteiger partial charge in [0, 0.05) is 27.8 Å². The van der Waals surface area contributed by atoms with Crippen molar-refractivity contribution in [3.8, 4) is 78.9 Å². The Morgan fingerprint density at radius 1 is 0.246 bits per heavy atom. The summed E-state index contributed by atoms with van der Waals surface area (Å²) in [5.74, 6) is 1.79. The Kier molecular flexibility index (Phi) is 9.02. The average molecular weight is 779 g/mol. The molecule has 0 saturated carbocycles. The van der Waals surface area contributed by atoms with E-state index in [1.54, 1.807) is 0 Å². The summed E-state index contributed by atoms with van der Waals surface area (Å²) in [6.45, 7) is 0. The second-order valence-electron chi connectivity index (χ2n) is 15.4. The molecular formula is C57H38N4. The highest BCUT2D eigenvalue weighted by Crippen LogP contribution is 2.58. The fourth-order valence-corrected chi connectivity index (χ4v) is 9.04. The van der Waals surface area contributed by atoms with Crippen molar-refractivity contribution in [1.82, 2.24) is 19.9 Å². The quantitative estimate of drug-likeness (QED) is 0.154. The molecule has 10 aromatic rings. The first-order chi connectivity index (χ1) is 30.2. The summed E-state index contributed by atoms with van der Waals surface area (Å²) in [6.07, 6.45) is 0. The molecule has 0 unspecified atom stereocenters. The van der Waals surface area contributed by atoms with Gasteiger partial charge in [0.25, 0.3) is 0 Å². The summed E-state index contributed by atoms with van der Waals surface area (Å²) in [6, 6.07) is 81.1. The molecule has 0 fully saturated rings. The normalized spacial score (nSPS) is 12.4. The third-order valence-corrected chi connectivity index (χ3v) is 11.8. The van der Waals surface area contributed by atoms with Crippen LogP contribution in [0.25, 0.3) is 78.9 Å². The smallest absolute Gasteiger partial charge is 0.164 e. The van der Waals surface area contributed by atoms with Gasteiger partial charge in [-0.3, -0.25) is 0 Å². The van der Waals surface area contributed by atoms with Crippen molar-refractivity contribution in [1.29, 1.82) is 0 Å². The van der Waals surface area contributed by atoms with Gasteiger partial charge in [-0.2, -0.15) is 0 Å². The summed E-state index contributed by atoms with van der Waals surface area (Å²) in [5, 5.41) is 0. The van der Waals surface area contributed by atoms with Gasteiger partial charge in [0.05, 0.1) is 16.8 Å². The first-order valence-corrected chi connectivity index (χ1v) is 20.6. The number of fused-ring (bicyclic) bond motifs is 3. The van der Waals surface area contributed by atoms with Crippen molar-refractivity contribution in [2.75, 3.05) is 0 Å². The van der Waals surface area contributed by atoms with Crippen molar-refractivity contribution >= 4 is 0 Å². The van der Waals surface area contributed by atoms with Crippen LogP contribution in [0.15, 0.2) is 231 Å². The number of rotatable bonds is 8. The molecule has 2 aromatic heterocycles. The SMILES string of the molecule is c1ccc(-c2cc(-c3ccccc3)nc(-c3cc4c(cc3-c3nc(-c5ccccc5)nc(-c5ccccc5)n3)-c3ccccc3C4(c3ccccc3)c3ccccc3)c2)cc1. The second kappa shape index (κ2) is 15.3. The molecule has 4 heteroatoms. The zero-order valence-electron chi connectivity index (χ0n) is 33.2. The molecule has 0 atom stereocenters. The predicted octanol–water partition coefficient (Wildman–Crippen LogP) is 13.6. The molecule has 0 spiro atoms. The molecule has 61 heavy (non-hydrogen) atoms. The average Bonchev–Trinajstić information content (AvgIpc) is 3.65. The highest BCUT2D eigenvalue weighted by molar-refractivity contribution is 5.94. The number of benzene rings is 8. The number of pyridine rings is 1. The van der Waals surface area contributed by atoms with Crippen molar-refractivity contribution in [2.24, 2.45) is 0 Å². The van der Waals surface area contributed by atoms with Crippen LogP contribution >= 0.6 is 0 Å². The molecule has 0 amide bonds. The maximum absolute atomic E-state index is 5.54. The van der Waals surface area contributed by atoms with E-state index >= 15 is 0 Å². The van der Waals surface area contributed by atoms with E-state index in [0.29, 0.717) is 17.5 Å². The number of nitrogens with zero attached hydrogens (tertiary/aromatic N) is 4. The highest BCUT2D eigenvalue weighted by Gasteiger charge is 2.46. The minimum atomic E-state index is -0.621. The first-order valence-electron chi connectivity index (χ1n) is 20.6. The Morgan fingerprint density at radius 3 is 1.25 bits per heavy atom. The molecule has 8 aromatic carbocycles. The summed E-state index contributed by atoms with van der Waals surface area (Å²) in [5.41, 5.74) is 15.1. The van der Waals surface area contributed by atoms with E-state index in [9.17, 15) is 0 Å². The lowest BCUT2D eigenvalue weighted by Crippen LogP contribution is -2.28. The molecule has 11 rings (SSSR count). The summed E-state index contributed by atoms with van der Waals surface area (Å²) < 4.78 is 0. The van der Waals surface area contributed by atoms with Crippen LogP contribution in [0.3, 0.4) is 0 Å². The lowest BCUT2D eigenvalue weighted by atomic mass is 9.67. The standard InChI is InChI=1S/C57H38N4/c1-7-21-39(22-8-1)43-35-52(40-23-9-2-10-24-40)58-53(36-43)48-38-51-47(46-33-19-20-34-50(46)57(51,44-29-15-5-16-30-44)45-31-17-6-18-32-45)37-49(48)56-60-54(41-25-11-3-12-26-41)59-55(61-56)42-27-13-4-14-28-42/h1-38H. The summed E-state index contributed by atoms with van der Waals surface area (Å²) in [4.78, 5) is 21.3. The maximum atomic E-state index is 5.54. The third-order valence-electron chi connectivity index (χ3n) is 11.8. The second-order valence-corrected chi connectivity index (χ2v) is 15.4. The minimum Gasteiger partial charge on any atom is -0.248 e. The summed E-state index contributed by atoms with van der Waals surface area (Å²) >= 11 is 0. The van der Waals surface area contributed by atoms with Crippen LogP contribution in [0.1, 0.15) is 22.3 Å². The third kappa shape index (κ3) is 6.33. The number of aromatic nitrogens is 4. The lowest BCUT2D eigenvalue weighted by Gasteiger charge is -2.34. The van der Waals surface area contributed by atoms with Gasteiger partial charge in [0.2, 0.25) is 0 Å². The van der Waals surface area contributed by atoms with Gasteiger partial charge in [-0.15, -0.1) is 0 Å². The van der Waals surface area contributed by atoms with Crippen LogP contribution in [0.4, 0.5) is 0 Å². The van der Waals surface area contributed by atoms with E-state index in [1.165, 1.54) is 27.8 Å². The van der Waals surface area contributed by atoms with Crippen LogP contribution in [0, 0.1) is 0 Å². The molecule has 0 aliphatic heterocycles. The molecule has 4 nitrogen and oxygen atoms in total. The largest absolute Gasteiger partial charge is 0.248 e. The Labute approximate surface area is 355 Å². The van der Waals surface area contributed by atoms with Gasteiger partial charge in [-0.05, 0) is 68.8 Å². The fourth-order valence-electron chi connectivity index (χ4n) is 9.04. The van der Waals surface area contributed by atoms with Crippen molar-refractivity contribution < 1.29 is 0 Å². The Bertz CT molecular complexity index is 3000. The lowest BCUT2D eigenvalue weighted by molar-refractivity contribution is 0.768. The van der Waals surface area contributed by atoms with E-state index in [1.807, 2.05) is 42.5 Å². The zero-order chi connectivity index (χ0) is 40.6. The maximum Gasteiger partial charge on any atom is 0.164 e. The van der Waals surface area contributed by atoms with Crippen LogP contribution in [-0.4, -0.2) is 19.9 Å². The molecule has 1 aliphatic rings. The van der Waals surface area contributed by atoms with Gasteiger partial charge >= 0.3 is 0 Å². The van der Waals surface area contributed by atoms with E-state index < -0.39 is 5.41 Å². The van der Waals surface area contributed by atoms with Crippen molar-refractivity contribution in [3.63, 3.8) is 0 Å². The van der Waals surface area contributed by atoms with Crippen LogP contribution in [-0.2, 0) is 5.41 Å². The van der Waals surface area contributed by atoms with E-state index in [2.05, 4.69) is 188 Å². The molecule has 286 valence electrons. The van der Waals surface area contributed by atoms with Gasteiger partial charge < -0.3 is 0 Å². The number of hydrogen-bond acceptors (Lipinski definition) is 4. The van der Waals surface area contributed by atoms with Crippen LogP contribution in [0.2, 0.25) is 0 Å². The Hall–Kier alpha value is -8.08. The van der Waals surface area contributed by atoms with Gasteiger partial charge in [0.1, 0.15) is 0 Å². The Balaban J connectivity index is 1.28. The minimum absolute atomic E-state index is 0.577. The zero-order valence-corrected chi connectivity index (χ0v) is 33.2. The van der Waals surface area contributed by atoms with Gasteiger partial charge in [-0.25, -0.2) is 19.9 Å². The molecular weight excluding hydrogens is 741 g/mol. The molecule has 0 N–H and O–H groups in total. The van der Waals surface area contributed by atoms with E-state index in [-0.39, 0.29) is 0 Å². The van der Waals surface area contributed by atoms with Crippen LogP contribution < -0.4 is 0 Å². The van der Waals surface area contributed by atoms with Crippen molar-refractivity contribution in [3.05, 3.63) is 253 Å². The molecule has 0 radical (unpaired) electrons. The van der Waals surface area contributed by atoms with E-state index in [4.69, 9.17) is 19.9 Å². The monoisotopic (exact) mass is 778 g/mol. The topological polar surface area (TPSA) is 51.6 Å². The molecule has 1 aliphatic carbocycles. The number of hydrogen-bond donors (Lipinski definition) is 0.